The van der Waals surface area contributed by atoms with E-state index < -0.39 is 6.04 Å². The molecule has 1 N–H and O–H groups in total. The first-order valence-corrected chi connectivity index (χ1v) is 5.99. The van der Waals surface area contributed by atoms with Gasteiger partial charge in [0.2, 0.25) is 5.91 Å². The van der Waals surface area contributed by atoms with Crippen molar-refractivity contribution in [2.75, 3.05) is 13.7 Å². The van der Waals surface area contributed by atoms with Gasteiger partial charge in [0.1, 0.15) is 12.4 Å². The number of benzene rings is 1. The summed E-state index contributed by atoms with van der Waals surface area (Å²) in [6, 6.07) is 5.18. The summed E-state index contributed by atoms with van der Waals surface area (Å²) in [5.74, 6) is 0.0799. The Bertz CT molecular complexity index is 471. The van der Waals surface area contributed by atoms with Gasteiger partial charge in [-0.25, -0.2) is 0 Å². The van der Waals surface area contributed by atoms with Crippen molar-refractivity contribution in [1.82, 2.24) is 5.32 Å². The SMILES string of the molecule is COc1cccc(C)c1C(COC(C)=O)NC(C)=O. The number of methoxy groups -OCH3 is 1. The first kappa shape index (κ1) is 15.0. The molecule has 0 bridgehead atoms. The van der Waals surface area contributed by atoms with Crippen molar-refractivity contribution in [3.05, 3.63) is 29.3 Å². The number of amides is 1. The minimum atomic E-state index is -0.419. The molecule has 0 spiro atoms. The summed E-state index contributed by atoms with van der Waals surface area (Å²) in [5.41, 5.74) is 1.78. The van der Waals surface area contributed by atoms with E-state index in [0.717, 1.165) is 11.1 Å². The largest absolute Gasteiger partial charge is 0.496 e. The molecule has 0 saturated heterocycles. The Hall–Kier alpha value is -2.04. The first-order chi connectivity index (χ1) is 8.95. The van der Waals surface area contributed by atoms with Crippen LogP contribution in [0.2, 0.25) is 0 Å². The average molecular weight is 265 g/mol. The van der Waals surface area contributed by atoms with Gasteiger partial charge in [-0.15, -0.1) is 0 Å². The molecule has 0 aliphatic rings. The third-order valence-corrected chi connectivity index (χ3v) is 2.68. The predicted octanol–water partition coefficient (Wildman–Crippen LogP) is 1.74. The Balaban J connectivity index is 3.08. The van der Waals surface area contributed by atoms with Crippen molar-refractivity contribution in [2.24, 2.45) is 0 Å². The molecule has 1 atom stereocenters. The zero-order chi connectivity index (χ0) is 14.4. The Labute approximate surface area is 112 Å². The van der Waals surface area contributed by atoms with Gasteiger partial charge in [0.05, 0.1) is 13.2 Å². The standard InChI is InChI=1S/C14H19NO4/c1-9-6-5-7-13(18-4)14(9)12(15-10(2)16)8-19-11(3)17/h5-7,12H,8H2,1-4H3,(H,15,16). The molecule has 0 fully saturated rings. The van der Waals surface area contributed by atoms with Crippen LogP contribution in [0.4, 0.5) is 0 Å². The summed E-state index contributed by atoms with van der Waals surface area (Å²) in [7, 11) is 1.56. The number of hydrogen-bond donors (Lipinski definition) is 1. The van der Waals surface area contributed by atoms with Crippen LogP contribution in [0.15, 0.2) is 18.2 Å². The van der Waals surface area contributed by atoms with E-state index in [4.69, 9.17) is 9.47 Å². The van der Waals surface area contributed by atoms with E-state index >= 15 is 0 Å². The van der Waals surface area contributed by atoms with Crippen molar-refractivity contribution in [3.63, 3.8) is 0 Å². The fraction of sp³-hybridized carbons (Fsp3) is 0.429. The number of nitrogens with one attached hydrogen (secondary N) is 1. The second kappa shape index (κ2) is 6.78. The molecule has 5 heteroatoms. The van der Waals surface area contributed by atoms with Crippen LogP contribution in [0.3, 0.4) is 0 Å². The molecule has 1 amide bonds. The highest BCUT2D eigenvalue weighted by Crippen LogP contribution is 2.28. The van der Waals surface area contributed by atoms with Crippen molar-refractivity contribution in [2.45, 2.75) is 26.8 Å². The molecule has 0 aliphatic heterocycles. The molecule has 1 aromatic rings. The predicted molar refractivity (Wildman–Crippen MR) is 70.9 cm³/mol. The average Bonchev–Trinajstić information content (AvgIpc) is 2.33. The smallest absolute Gasteiger partial charge is 0.302 e. The molecule has 0 aromatic heterocycles. The molecule has 19 heavy (non-hydrogen) atoms. The second-order valence-electron chi connectivity index (χ2n) is 4.25. The summed E-state index contributed by atoms with van der Waals surface area (Å²) in [4.78, 5) is 22.2. The van der Waals surface area contributed by atoms with Crippen molar-refractivity contribution < 1.29 is 19.1 Å². The van der Waals surface area contributed by atoms with Gasteiger partial charge in [0, 0.05) is 19.4 Å². The number of aryl methyl sites for hydroxylation is 1. The minimum Gasteiger partial charge on any atom is -0.496 e. The number of carbonyl (C=O) groups is 2. The van der Waals surface area contributed by atoms with Gasteiger partial charge in [-0.3, -0.25) is 9.59 Å². The van der Waals surface area contributed by atoms with Gasteiger partial charge in [0.25, 0.3) is 0 Å². The molecule has 1 aromatic carbocycles. The van der Waals surface area contributed by atoms with E-state index in [1.807, 2.05) is 25.1 Å². The van der Waals surface area contributed by atoms with Gasteiger partial charge in [-0.2, -0.15) is 0 Å². The zero-order valence-electron chi connectivity index (χ0n) is 11.6. The van der Waals surface area contributed by atoms with Crippen LogP contribution in [0, 0.1) is 6.92 Å². The molecule has 1 unspecified atom stereocenters. The number of ether oxygens (including phenoxy) is 2. The molecule has 0 saturated carbocycles. The van der Waals surface area contributed by atoms with Crippen LogP contribution in [0.1, 0.15) is 31.0 Å². The summed E-state index contributed by atoms with van der Waals surface area (Å²) >= 11 is 0. The Morgan fingerprint density at radius 2 is 2.00 bits per heavy atom. The van der Waals surface area contributed by atoms with Crippen molar-refractivity contribution in [3.8, 4) is 5.75 Å². The number of esters is 1. The van der Waals surface area contributed by atoms with Crippen LogP contribution >= 0.6 is 0 Å². The Morgan fingerprint density at radius 3 is 2.53 bits per heavy atom. The van der Waals surface area contributed by atoms with E-state index in [0.29, 0.717) is 5.75 Å². The van der Waals surface area contributed by atoms with Gasteiger partial charge < -0.3 is 14.8 Å². The minimum absolute atomic E-state index is 0.0795. The molecule has 5 nitrogen and oxygen atoms in total. The van der Waals surface area contributed by atoms with Gasteiger partial charge in [-0.05, 0) is 18.6 Å². The lowest BCUT2D eigenvalue weighted by molar-refractivity contribution is -0.142. The van der Waals surface area contributed by atoms with Crippen LogP contribution in [-0.4, -0.2) is 25.6 Å². The van der Waals surface area contributed by atoms with E-state index in [9.17, 15) is 9.59 Å². The van der Waals surface area contributed by atoms with E-state index in [-0.39, 0.29) is 18.5 Å². The number of carbonyl (C=O) groups excluding carboxylic acids is 2. The third kappa shape index (κ3) is 4.28. The highest BCUT2D eigenvalue weighted by Gasteiger charge is 2.20. The fourth-order valence-corrected chi connectivity index (χ4v) is 1.92. The van der Waals surface area contributed by atoms with Crippen LogP contribution in [0.5, 0.6) is 5.75 Å². The lowest BCUT2D eigenvalue weighted by Gasteiger charge is -2.22. The molecular weight excluding hydrogens is 246 g/mol. The summed E-state index contributed by atoms with van der Waals surface area (Å²) in [6.45, 7) is 4.75. The number of rotatable bonds is 5. The molecule has 0 radical (unpaired) electrons. The van der Waals surface area contributed by atoms with Crippen molar-refractivity contribution >= 4 is 11.9 Å². The van der Waals surface area contributed by atoms with Crippen molar-refractivity contribution in [1.29, 1.82) is 0 Å². The highest BCUT2D eigenvalue weighted by atomic mass is 16.5. The van der Waals surface area contributed by atoms with Gasteiger partial charge in [0.15, 0.2) is 0 Å². The maximum absolute atomic E-state index is 11.3. The zero-order valence-corrected chi connectivity index (χ0v) is 11.6. The lowest BCUT2D eigenvalue weighted by Crippen LogP contribution is -2.31. The van der Waals surface area contributed by atoms with Gasteiger partial charge >= 0.3 is 5.97 Å². The Kier molecular flexibility index (Phi) is 5.36. The molecule has 1 rings (SSSR count). The van der Waals surface area contributed by atoms with E-state index in [2.05, 4.69) is 5.32 Å². The highest BCUT2D eigenvalue weighted by molar-refractivity contribution is 5.74. The molecular formula is C14H19NO4. The van der Waals surface area contributed by atoms with Crippen LogP contribution in [-0.2, 0) is 14.3 Å². The van der Waals surface area contributed by atoms with Crippen LogP contribution in [0.25, 0.3) is 0 Å². The molecule has 0 heterocycles. The maximum atomic E-state index is 11.3. The topological polar surface area (TPSA) is 64.6 Å². The monoisotopic (exact) mass is 265 g/mol. The Morgan fingerprint density at radius 1 is 1.32 bits per heavy atom. The van der Waals surface area contributed by atoms with E-state index in [1.54, 1.807) is 7.11 Å². The molecule has 104 valence electrons. The first-order valence-electron chi connectivity index (χ1n) is 5.99. The fourth-order valence-electron chi connectivity index (χ4n) is 1.92. The quantitative estimate of drug-likeness (QED) is 0.824. The van der Waals surface area contributed by atoms with Crippen LogP contribution < -0.4 is 10.1 Å². The van der Waals surface area contributed by atoms with E-state index in [1.165, 1.54) is 13.8 Å². The summed E-state index contributed by atoms with van der Waals surface area (Å²) in [6.07, 6.45) is 0. The third-order valence-electron chi connectivity index (χ3n) is 2.68. The maximum Gasteiger partial charge on any atom is 0.302 e. The summed E-state index contributed by atoms with van der Waals surface area (Å²) < 4.78 is 10.3. The number of hydrogen-bond acceptors (Lipinski definition) is 4. The summed E-state index contributed by atoms with van der Waals surface area (Å²) in [5, 5.41) is 2.77. The normalized spacial score (nSPS) is 11.6. The second-order valence-corrected chi connectivity index (χ2v) is 4.25. The van der Waals surface area contributed by atoms with Gasteiger partial charge in [-0.1, -0.05) is 12.1 Å². The molecule has 0 aliphatic carbocycles. The lowest BCUT2D eigenvalue weighted by atomic mass is 10.0.